The van der Waals surface area contributed by atoms with Gasteiger partial charge in [-0.3, -0.25) is 0 Å². The van der Waals surface area contributed by atoms with Crippen LogP contribution in [0, 0.1) is 6.92 Å². The summed E-state index contributed by atoms with van der Waals surface area (Å²) >= 11 is 0. The fourth-order valence-electron chi connectivity index (χ4n) is 3.15. The fraction of sp³-hybridized carbons (Fsp3) is 0.765. The lowest BCUT2D eigenvalue weighted by molar-refractivity contribution is 0.548. The number of aromatic nitrogens is 2. The molecule has 0 bridgehead atoms. The van der Waals surface area contributed by atoms with Crippen LogP contribution < -0.4 is 9.62 Å². The van der Waals surface area contributed by atoms with Crippen LogP contribution >= 0.6 is 0 Å². The zero-order chi connectivity index (χ0) is 17.6. The highest BCUT2D eigenvalue weighted by atomic mass is 32.2. The average molecular weight is 355 g/mol. The molecule has 0 unspecified atom stereocenters. The Morgan fingerprint density at radius 1 is 1.21 bits per heavy atom. The van der Waals surface area contributed by atoms with Crippen LogP contribution in [-0.2, 0) is 10.0 Å². The van der Waals surface area contributed by atoms with Crippen LogP contribution in [0.3, 0.4) is 0 Å². The van der Waals surface area contributed by atoms with Gasteiger partial charge in [-0.05, 0) is 33.1 Å². The maximum absolute atomic E-state index is 12.0. The van der Waals surface area contributed by atoms with Crippen LogP contribution in [0.25, 0.3) is 0 Å². The molecule has 7 heteroatoms. The van der Waals surface area contributed by atoms with Gasteiger partial charge in [0.15, 0.2) is 0 Å². The zero-order valence-electron chi connectivity index (χ0n) is 15.1. The van der Waals surface area contributed by atoms with E-state index in [4.69, 9.17) is 0 Å². The second-order valence-electron chi connectivity index (χ2n) is 6.62. The lowest BCUT2D eigenvalue weighted by Gasteiger charge is -2.25. The minimum Gasteiger partial charge on any atom is -0.341 e. The van der Waals surface area contributed by atoms with E-state index >= 15 is 0 Å². The van der Waals surface area contributed by atoms with Gasteiger partial charge in [0.25, 0.3) is 0 Å². The molecule has 1 aromatic heterocycles. The number of rotatable bonds is 6. The number of nitrogens with one attached hydrogen (secondary N) is 1. The molecule has 0 aliphatic carbocycles. The van der Waals surface area contributed by atoms with Crippen molar-refractivity contribution in [2.45, 2.75) is 65.3 Å². The molecule has 2 heterocycles. The topological polar surface area (TPSA) is 75.2 Å². The summed E-state index contributed by atoms with van der Waals surface area (Å²) in [6.07, 6.45) is 8.59. The van der Waals surface area contributed by atoms with E-state index < -0.39 is 10.0 Å². The molecule has 0 radical (unpaired) electrons. The Morgan fingerprint density at radius 3 is 2.42 bits per heavy atom. The minimum atomic E-state index is -3.25. The Balaban J connectivity index is 2.10. The van der Waals surface area contributed by atoms with Gasteiger partial charge in [0.05, 0.1) is 5.75 Å². The first-order valence-corrected chi connectivity index (χ1v) is 10.7. The monoisotopic (exact) mass is 354 g/mol. The molecule has 1 saturated heterocycles. The van der Waals surface area contributed by atoms with Crippen molar-refractivity contribution in [2.24, 2.45) is 0 Å². The van der Waals surface area contributed by atoms with Gasteiger partial charge in [-0.25, -0.2) is 23.1 Å². The third kappa shape index (κ3) is 5.41. The molecule has 0 saturated carbocycles. The highest BCUT2D eigenvalue weighted by Gasteiger charge is 2.19. The van der Waals surface area contributed by atoms with Crippen molar-refractivity contribution in [3.8, 4) is 0 Å². The first kappa shape index (κ1) is 19.1. The van der Waals surface area contributed by atoms with E-state index in [1.54, 1.807) is 6.20 Å². The van der Waals surface area contributed by atoms with Gasteiger partial charge < -0.3 is 4.90 Å². The van der Waals surface area contributed by atoms with Gasteiger partial charge in [0.1, 0.15) is 0 Å². The molecule has 6 nitrogen and oxygen atoms in total. The van der Waals surface area contributed by atoms with Gasteiger partial charge >= 0.3 is 0 Å². The molecule has 1 N–H and O–H groups in total. The number of sulfonamides is 1. The Morgan fingerprint density at radius 2 is 1.83 bits per heavy atom. The van der Waals surface area contributed by atoms with E-state index in [-0.39, 0.29) is 11.8 Å². The quantitative estimate of drug-likeness (QED) is 0.850. The van der Waals surface area contributed by atoms with Crippen molar-refractivity contribution >= 4 is 16.0 Å². The summed E-state index contributed by atoms with van der Waals surface area (Å²) in [5, 5.41) is 0. The second kappa shape index (κ2) is 8.76. The van der Waals surface area contributed by atoms with Crippen LogP contribution in [0.4, 0.5) is 5.95 Å². The molecule has 24 heavy (non-hydrogen) atoms. The summed E-state index contributed by atoms with van der Waals surface area (Å²) in [6.45, 7) is 7.62. The molecule has 1 atom stereocenters. The molecule has 0 spiro atoms. The van der Waals surface area contributed by atoms with E-state index in [1.165, 1.54) is 32.1 Å². The zero-order valence-corrected chi connectivity index (χ0v) is 15.9. The number of anilines is 1. The van der Waals surface area contributed by atoms with Crippen LogP contribution in [0.2, 0.25) is 0 Å². The third-order valence-electron chi connectivity index (χ3n) is 4.44. The Labute approximate surface area is 146 Å². The van der Waals surface area contributed by atoms with Crippen molar-refractivity contribution in [1.29, 1.82) is 0 Å². The molecule has 1 aliphatic heterocycles. The average Bonchev–Trinajstić information content (AvgIpc) is 2.45. The Kier molecular flexibility index (Phi) is 6.98. The Hall–Kier alpha value is -1.21. The lowest BCUT2D eigenvalue weighted by Crippen LogP contribution is -2.31. The van der Waals surface area contributed by atoms with Gasteiger partial charge in [0, 0.05) is 36.6 Å². The number of aryl methyl sites for hydroxylation is 1. The highest BCUT2D eigenvalue weighted by Crippen LogP contribution is 2.20. The maximum atomic E-state index is 12.0. The molecular formula is C17H30N4O2S. The molecule has 1 fully saturated rings. The van der Waals surface area contributed by atoms with Gasteiger partial charge in [-0.15, -0.1) is 0 Å². The van der Waals surface area contributed by atoms with Crippen molar-refractivity contribution in [1.82, 2.24) is 14.7 Å². The summed E-state index contributed by atoms with van der Waals surface area (Å²) < 4.78 is 26.6. The molecule has 0 amide bonds. The molecule has 2 rings (SSSR count). The SMILES string of the molecule is CCCS(=O)(=O)N[C@H](C)c1cnc(N2CCCCCCC2)nc1C. The van der Waals surface area contributed by atoms with Crippen molar-refractivity contribution in [2.75, 3.05) is 23.7 Å². The van der Waals surface area contributed by atoms with E-state index in [1.807, 2.05) is 20.8 Å². The van der Waals surface area contributed by atoms with E-state index in [2.05, 4.69) is 19.6 Å². The largest absolute Gasteiger partial charge is 0.341 e. The van der Waals surface area contributed by atoms with Crippen molar-refractivity contribution < 1.29 is 8.42 Å². The molecule has 1 aromatic rings. The van der Waals surface area contributed by atoms with Crippen LogP contribution in [0.15, 0.2) is 6.20 Å². The van der Waals surface area contributed by atoms with E-state index in [0.717, 1.165) is 30.3 Å². The van der Waals surface area contributed by atoms with E-state index in [0.29, 0.717) is 6.42 Å². The van der Waals surface area contributed by atoms with Crippen LogP contribution in [-0.4, -0.2) is 37.2 Å². The number of hydrogen-bond donors (Lipinski definition) is 1. The van der Waals surface area contributed by atoms with Crippen LogP contribution in [0.5, 0.6) is 0 Å². The summed E-state index contributed by atoms with van der Waals surface area (Å²) in [6, 6.07) is -0.317. The summed E-state index contributed by atoms with van der Waals surface area (Å²) in [5.74, 6) is 0.907. The lowest BCUT2D eigenvalue weighted by atomic mass is 10.1. The molecular weight excluding hydrogens is 324 g/mol. The molecule has 136 valence electrons. The summed E-state index contributed by atoms with van der Waals surface area (Å²) in [7, 11) is -3.25. The Bertz CT molecular complexity index is 625. The first-order valence-electron chi connectivity index (χ1n) is 9.01. The van der Waals surface area contributed by atoms with Gasteiger partial charge in [0.2, 0.25) is 16.0 Å². The first-order chi connectivity index (χ1) is 11.4. The van der Waals surface area contributed by atoms with Crippen molar-refractivity contribution in [3.05, 3.63) is 17.5 Å². The van der Waals surface area contributed by atoms with Crippen LogP contribution in [0.1, 0.15) is 69.7 Å². The molecule has 0 aromatic carbocycles. The van der Waals surface area contributed by atoms with E-state index in [9.17, 15) is 8.42 Å². The molecule has 1 aliphatic rings. The summed E-state index contributed by atoms with van der Waals surface area (Å²) in [4.78, 5) is 11.4. The van der Waals surface area contributed by atoms with Gasteiger partial charge in [-0.1, -0.05) is 26.2 Å². The highest BCUT2D eigenvalue weighted by molar-refractivity contribution is 7.89. The predicted octanol–water partition coefficient (Wildman–Crippen LogP) is 2.95. The summed E-state index contributed by atoms with van der Waals surface area (Å²) in [5.41, 5.74) is 1.68. The minimum absolute atomic E-state index is 0.142. The number of hydrogen-bond acceptors (Lipinski definition) is 5. The maximum Gasteiger partial charge on any atom is 0.225 e. The fourth-order valence-corrected chi connectivity index (χ4v) is 4.47. The third-order valence-corrected chi connectivity index (χ3v) is 6.10. The second-order valence-corrected chi connectivity index (χ2v) is 8.50. The van der Waals surface area contributed by atoms with Gasteiger partial charge in [-0.2, -0.15) is 0 Å². The smallest absolute Gasteiger partial charge is 0.225 e. The normalized spacial score (nSPS) is 18.0. The standard InChI is InChI=1S/C17H30N4O2S/c1-4-12-24(22,23)20-15(3)16-13-18-17(19-14(16)2)21-10-8-6-5-7-9-11-21/h13,15,20H,4-12H2,1-3H3/t15-/m1/s1. The number of nitrogens with zero attached hydrogens (tertiary/aromatic N) is 3. The predicted molar refractivity (Wildman–Crippen MR) is 97.7 cm³/mol. The van der Waals surface area contributed by atoms with Crippen molar-refractivity contribution in [3.63, 3.8) is 0 Å².